The summed E-state index contributed by atoms with van der Waals surface area (Å²) < 4.78 is 0. The van der Waals surface area contributed by atoms with E-state index in [1.807, 2.05) is 30.3 Å². The zero-order valence-corrected chi connectivity index (χ0v) is 9.52. The van der Waals surface area contributed by atoms with Crippen LogP contribution < -0.4 is 0 Å². The molecule has 0 N–H and O–H groups in total. The first-order chi connectivity index (χ1) is 7.24. The van der Waals surface area contributed by atoms with E-state index >= 15 is 0 Å². The maximum Gasteiger partial charge on any atom is 0.0503 e. The molecule has 0 aliphatic carbocycles. The second kappa shape index (κ2) is 4.69. The molecule has 0 amide bonds. The van der Waals surface area contributed by atoms with Crippen LogP contribution in [0.2, 0.25) is 10.0 Å². The molecule has 2 aromatic carbocycles. The molecule has 2 aromatic rings. The third-order valence-corrected chi connectivity index (χ3v) is 2.52. The van der Waals surface area contributed by atoms with E-state index in [0.717, 1.165) is 12.0 Å². The summed E-state index contributed by atoms with van der Waals surface area (Å²) in [7, 11) is 0. The minimum Gasteiger partial charge on any atom is -0.0836 e. The van der Waals surface area contributed by atoms with Crippen LogP contribution in [0.25, 0.3) is 0 Å². The van der Waals surface area contributed by atoms with Gasteiger partial charge in [0.25, 0.3) is 0 Å². The van der Waals surface area contributed by atoms with Crippen LogP contribution in [0.1, 0.15) is 11.1 Å². The van der Waals surface area contributed by atoms with Crippen LogP contribution in [0.4, 0.5) is 0 Å². The van der Waals surface area contributed by atoms with Crippen molar-refractivity contribution in [3.63, 3.8) is 0 Å². The zero-order chi connectivity index (χ0) is 10.7. The third-order valence-electron chi connectivity index (χ3n) is 2.11. The highest BCUT2D eigenvalue weighted by Crippen LogP contribution is 2.20. The van der Waals surface area contributed by atoms with Crippen molar-refractivity contribution in [3.8, 4) is 0 Å². The average Bonchev–Trinajstić information content (AvgIpc) is 2.17. The molecule has 15 heavy (non-hydrogen) atoms. The lowest BCUT2D eigenvalue weighted by Gasteiger charge is -2.02. The fraction of sp³-hybridized carbons (Fsp3) is 0.0769. The van der Waals surface area contributed by atoms with Crippen molar-refractivity contribution in [3.05, 3.63) is 69.7 Å². The SMILES string of the molecule is Clc1[c]c(Cl)cc(Cc2ccccc2)c1. The Bertz CT molecular complexity index is 429. The second-order valence-electron chi connectivity index (χ2n) is 3.35. The Balaban J connectivity index is 2.25. The Hall–Kier alpha value is -0.980. The highest BCUT2D eigenvalue weighted by atomic mass is 35.5. The number of halogens is 2. The molecular weight excluding hydrogens is 227 g/mol. The van der Waals surface area contributed by atoms with Crippen molar-refractivity contribution in [2.75, 3.05) is 0 Å². The molecule has 2 heteroatoms. The highest BCUT2D eigenvalue weighted by molar-refractivity contribution is 6.34. The van der Waals surface area contributed by atoms with Gasteiger partial charge in [-0.15, -0.1) is 0 Å². The summed E-state index contributed by atoms with van der Waals surface area (Å²) >= 11 is 11.8. The maximum atomic E-state index is 5.88. The molecule has 0 unspecified atom stereocenters. The standard InChI is InChI=1S/C13H9Cl2/c14-12-7-11(8-13(15)9-12)6-10-4-2-1-3-5-10/h1-5,7-8H,6H2. The number of hydrogen-bond acceptors (Lipinski definition) is 0. The van der Waals surface area contributed by atoms with E-state index in [1.165, 1.54) is 5.56 Å². The van der Waals surface area contributed by atoms with E-state index in [9.17, 15) is 0 Å². The highest BCUT2D eigenvalue weighted by Gasteiger charge is 1.99. The van der Waals surface area contributed by atoms with E-state index in [-0.39, 0.29) is 0 Å². The van der Waals surface area contributed by atoms with Crippen LogP contribution in [0.3, 0.4) is 0 Å². The largest absolute Gasteiger partial charge is 0.0836 e. The quantitative estimate of drug-likeness (QED) is 0.725. The minimum absolute atomic E-state index is 0.563. The van der Waals surface area contributed by atoms with E-state index in [2.05, 4.69) is 18.2 Å². The Labute approximate surface area is 99.5 Å². The fourth-order valence-corrected chi connectivity index (χ4v) is 2.02. The van der Waals surface area contributed by atoms with E-state index in [0.29, 0.717) is 10.0 Å². The predicted molar refractivity (Wildman–Crippen MR) is 64.5 cm³/mol. The molecule has 0 spiro atoms. The maximum absolute atomic E-state index is 5.88. The Kier molecular flexibility index (Phi) is 3.30. The van der Waals surface area contributed by atoms with Gasteiger partial charge in [0.2, 0.25) is 0 Å². The van der Waals surface area contributed by atoms with Crippen molar-refractivity contribution in [1.29, 1.82) is 0 Å². The lowest BCUT2D eigenvalue weighted by atomic mass is 10.1. The summed E-state index contributed by atoms with van der Waals surface area (Å²) in [6.45, 7) is 0. The molecule has 0 aliphatic rings. The van der Waals surface area contributed by atoms with Crippen LogP contribution in [0.15, 0.2) is 42.5 Å². The van der Waals surface area contributed by atoms with Crippen molar-refractivity contribution >= 4 is 23.2 Å². The van der Waals surface area contributed by atoms with Crippen molar-refractivity contribution in [2.45, 2.75) is 6.42 Å². The topological polar surface area (TPSA) is 0 Å². The van der Waals surface area contributed by atoms with Gasteiger partial charge in [-0.1, -0.05) is 53.5 Å². The van der Waals surface area contributed by atoms with Gasteiger partial charge in [-0.3, -0.25) is 0 Å². The van der Waals surface area contributed by atoms with Crippen molar-refractivity contribution in [1.82, 2.24) is 0 Å². The molecule has 0 saturated carbocycles. The van der Waals surface area contributed by atoms with Gasteiger partial charge in [0.05, 0.1) is 10.0 Å². The van der Waals surface area contributed by atoms with E-state index < -0.39 is 0 Å². The summed E-state index contributed by atoms with van der Waals surface area (Å²) in [5, 5.41) is 1.13. The first-order valence-corrected chi connectivity index (χ1v) is 5.41. The molecule has 0 nitrogen and oxygen atoms in total. The van der Waals surface area contributed by atoms with Crippen LogP contribution in [-0.4, -0.2) is 0 Å². The molecule has 0 saturated heterocycles. The average molecular weight is 236 g/mol. The first kappa shape index (κ1) is 10.5. The van der Waals surface area contributed by atoms with Crippen LogP contribution >= 0.6 is 23.2 Å². The smallest absolute Gasteiger partial charge is 0.0503 e. The summed E-state index contributed by atoms with van der Waals surface area (Å²) in [6.07, 6.45) is 0.842. The normalized spacial score (nSPS) is 10.3. The van der Waals surface area contributed by atoms with Gasteiger partial charge in [0.1, 0.15) is 0 Å². The van der Waals surface area contributed by atoms with Gasteiger partial charge in [-0.2, -0.15) is 0 Å². The molecule has 75 valence electrons. The summed E-state index contributed by atoms with van der Waals surface area (Å²) in [5.41, 5.74) is 2.35. The Morgan fingerprint density at radius 3 is 2.07 bits per heavy atom. The summed E-state index contributed by atoms with van der Waals surface area (Å²) in [5.74, 6) is 0. The Morgan fingerprint density at radius 1 is 0.867 bits per heavy atom. The second-order valence-corrected chi connectivity index (χ2v) is 4.16. The van der Waals surface area contributed by atoms with Crippen molar-refractivity contribution < 1.29 is 0 Å². The zero-order valence-electron chi connectivity index (χ0n) is 8.00. The number of benzene rings is 2. The van der Waals surface area contributed by atoms with Gasteiger partial charge in [0, 0.05) is 6.07 Å². The molecule has 0 atom stereocenters. The van der Waals surface area contributed by atoms with Crippen molar-refractivity contribution in [2.24, 2.45) is 0 Å². The minimum atomic E-state index is 0.563. The molecule has 0 heterocycles. The molecule has 0 fully saturated rings. The monoisotopic (exact) mass is 235 g/mol. The fourth-order valence-electron chi connectivity index (χ4n) is 1.49. The summed E-state index contributed by atoms with van der Waals surface area (Å²) in [6, 6.07) is 16.8. The molecular formula is C13H9Cl2. The Morgan fingerprint density at radius 2 is 1.47 bits per heavy atom. The lowest BCUT2D eigenvalue weighted by Crippen LogP contribution is -1.87. The molecule has 0 aromatic heterocycles. The van der Waals surface area contributed by atoms with E-state index in [4.69, 9.17) is 23.2 Å². The van der Waals surface area contributed by atoms with E-state index in [1.54, 1.807) is 0 Å². The number of hydrogen-bond donors (Lipinski definition) is 0. The lowest BCUT2D eigenvalue weighted by molar-refractivity contribution is 1.19. The van der Waals surface area contributed by atoms with Gasteiger partial charge in [-0.05, 0) is 29.7 Å². The predicted octanol–water partition coefficient (Wildman–Crippen LogP) is 4.38. The third kappa shape index (κ3) is 2.98. The summed E-state index contributed by atoms with van der Waals surface area (Å²) in [4.78, 5) is 0. The van der Waals surface area contributed by atoms with Crippen LogP contribution in [-0.2, 0) is 6.42 Å². The van der Waals surface area contributed by atoms with Crippen LogP contribution in [0.5, 0.6) is 0 Å². The molecule has 1 radical (unpaired) electrons. The molecule has 0 bridgehead atoms. The first-order valence-electron chi connectivity index (χ1n) is 4.65. The molecule has 2 rings (SSSR count). The van der Waals surface area contributed by atoms with Gasteiger partial charge in [-0.25, -0.2) is 0 Å². The molecule has 0 aliphatic heterocycles. The van der Waals surface area contributed by atoms with Crippen LogP contribution in [0, 0.1) is 6.07 Å². The number of rotatable bonds is 2. The van der Waals surface area contributed by atoms with Gasteiger partial charge in [0.15, 0.2) is 0 Å². The van der Waals surface area contributed by atoms with Gasteiger partial charge >= 0.3 is 0 Å². The van der Waals surface area contributed by atoms with Gasteiger partial charge < -0.3 is 0 Å².